The first-order valence-corrected chi connectivity index (χ1v) is 5.65. The van der Waals surface area contributed by atoms with Gasteiger partial charge in [0.2, 0.25) is 5.91 Å². The molecule has 0 bridgehead atoms. The second-order valence-corrected chi connectivity index (χ2v) is 4.81. The van der Waals surface area contributed by atoms with Gasteiger partial charge in [-0.05, 0) is 25.0 Å². The molecule has 1 aliphatic carbocycles. The van der Waals surface area contributed by atoms with Crippen molar-refractivity contribution in [3.8, 4) is 6.07 Å². The number of nitriles is 1. The van der Waals surface area contributed by atoms with Crippen LogP contribution in [0.1, 0.15) is 12.8 Å². The van der Waals surface area contributed by atoms with E-state index in [1.54, 1.807) is 0 Å². The summed E-state index contributed by atoms with van der Waals surface area (Å²) in [4.78, 5) is 11.6. The highest BCUT2D eigenvalue weighted by molar-refractivity contribution is 9.10. The third kappa shape index (κ3) is 2.15. The molecule has 88 valence electrons. The number of halogens is 3. The van der Waals surface area contributed by atoms with Crippen LogP contribution in [0.25, 0.3) is 0 Å². The lowest BCUT2D eigenvalue weighted by molar-refractivity contribution is -0.119. The molecule has 1 aromatic carbocycles. The van der Waals surface area contributed by atoms with Gasteiger partial charge >= 0.3 is 0 Å². The summed E-state index contributed by atoms with van der Waals surface area (Å²) in [5.41, 5.74) is -1.62. The summed E-state index contributed by atoms with van der Waals surface area (Å²) < 4.78 is 27.1. The summed E-state index contributed by atoms with van der Waals surface area (Å²) in [5, 5.41) is 10.9. The molecule has 1 fully saturated rings. The van der Waals surface area contributed by atoms with Crippen molar-refractivity contribution < 1.29 is 13.6 Å². The van der Waals surface area contributed by atoms with Crippen molar-refractivity contribution in [2.24, 2.45) is 5.41 Å². The molecule has 6 heteroatoms. The molecule has 1 aliphatic rings. The summed E-state index contributed by atoms with van der Waals surface area (Å²) >= 11 is 2.93. The standard InChI is InChI=1S/C11H7BrF2N2O/c12-6-3-7(13)9(8(14)4-6)16-10(17)11(5-15)1-2-11/h3-4H,1-2H2,(H,16,17). The quantitative estimate of drug-likeness (QED) is 0.913. The van der Waals surface area contributed by atoms with Gasteiger partial charge in [0.25, 0.3) is 0 Å². The van der Waals surface area contributed by atoms with E-state index in [1.807, 2.05) is 6.07 Å². The molecule has 17 heavy (non-hydrogen) atoms. The maximum Gasteiger partial charge on any atom is 0.245 e. The molecular formula is C11H7BrF2N2O. The Kier molecular flexibility index (Phi) is 2.87. The van der Waals surface area contributed by atoms with E-state index in [-0.39, 0.29) is 4.47 Å². The third-order valence-corrected chi connectivity index (χ3v) is 3.10. The molecule has 2 rings (SSSR count). The molecule has 1 saturated carbocycles. The van der Waals surface area contributed by atoms with E-state index in [9.17, 15) is 13.6 Å². The molecule has 0 spiro atoms. The van der Waals surface area contributed by atoms with Crippen LogP contribution in [0.15, 0.2) is 16.6 Å². The number of rotatable bonds is 2. The van der Waals surface area contributed by atoms with Crippen molar-refractivity contribution in [2.45, 2.75) is 12.8 Å². The van der Waals surface area contributed by atoms with Gasteiger partial charge in [0.15, 0.2) is 11.6 Å². The Balaban J connectivity index is 2.26. The Morgan fingerprint density at radius 1 is 1.41 bits per heavy atom. The normalized spacial score (nSPS) is 16.1. The number of nitrogens with zero attached hydrogens (tertiary/aromatic N) is 1. The smallest absolute Gasteiger partial charge is 0.245 e. The maximum atomic E-state index is 13.4. The Morgan fingerprint density at radius 2 is 1.94 bits per heavy atom. The molecule has 0 saturated heterocycles. The fraction of sp³-hybridized carbons (Fsp3) is 0.273. The number of nitrogens with one attached hydrogen (secondary N) is 1. The highest BCUT2D eigenvalue weighted by Crippen LogP contribution is 2.46. The van der Waals surface area contributed by atoms with Crippen LogP contribution in [0.5, 0.6) is 0 Å². The first kappa shape index (κ1) is 12.0. The average Bonchev–Trinajstić information content (AvgIpc) is 3.03. The Morgan fingerprint density at radius 3 is 2.35 bits per heavy atom. The molecule has 0 heterocycles. The monoisotopic (exact) mass is 300 g/mol. The fourth-order valence-electron chi connectivity index (χ4n) is 1.41. The van der Waals surface area contributed by atoms with Gasteiger partial charge in [-0.3, -0.25) is 4.79 Å². The molecule has 1 N–H and O–H groups in total. The van der Waals surface area contributed by atoms with Crippen molar-refractivity contribution >= 4 is 27.5 Å². The van der Waals surface area contributed by atoms with E-state index in [1.165, 1.54) is 0 Å². The lowest BCUT2D eigenvalue weighted by Gasteiger charge is -2.10. The number of carbonyl (C=O) groups excluding carboxylic acids is 1. The minimum atomic E-state index is -1.11. The minimum absolute atomic E-state index is 0.243. The second-order valence-electron chi connectivity index (χ2n) is 3.89. The summed E-state index contributed by atoms with van der Waals surface area (Å²) in [6.07, 6.45) is 0.851. The van der Waals surface area contributed by atoms with E-state index in [0.29, 0.717) is 12.8 Å². The molecule has 0 unspecified atom stereocenters. The Labute approximate surface area is 105 Å². The lowest BCUT2D eigenvalue weighted by atomic mass is 10.1. The van der Waals surface area contributed by atoms with Crippen LogP contribution in [0.4, 0.5) is 14.5 Å². The van der Waals surface area contributed by atoms with Gasteiger partial charge in [-0.2, -0.15) is 5.26 Å². The van der Waals surface area contributed by atoms with Gasteiger partial charge in [0.05, 0.1) is 6.07 Å². The van der Waals surface area contributed by atoms with Crippen molar-refractivity contribution in [1.82, 2.24) is 0 Å². The minimum Gasteiger partial charge on any atom is -0.320 e. The highest BCUT2D eigenvalue weighted by Gasteiger charge is 2.51. The van der Waals surface area contributed by atoms with E-state index >= 15 is 0 Å². The number of hydrogen-bond donors (Lipinski definition) is 1. The van der Waals surface area contributed by atoms with Crippen LogP contribution < -0.4 is 5.32 Å². The summed E-state index contributed by atoms with van der Waals surface area (Å²) in [6, 6.07) is 3.95. The number of carbonyl (C=O) groups is 1. The first-order chi connectivity index (χ1) is 7.98. The zero-order valence-corrected chi connectivity index (χ0v) is 10.1. The molecule has 0 aromatic heterocycles. The number of amides is 1. The fourth-order valence-corrected chi connectivity index (χ4v) is 1.81. The van der Waals surface area contributed by atoms with E-state index in [4.69, 9.17) is 5.26 Å². The Hall–Kier alpha value is -1.48. The maximum absolute atomic E-state index is 13.4. The highest BCUT2D eigenvalue weighted by atomic mass is 79.9. The molecule has 0 aliphatic heterocycles. The Bertz CT molecular complexity index is 512. The van der Waals surface area contributed by atoms with Crippen LogP contribution in [0, 0.1) is 28.4 Å². The van der Waals surface area contributed by atoms with Crippen LogP contribution in [0.3, 0.4) is 0 Å². The van der Waals surface area contributed by atoms with Crippen LogP contribution in [-0.2, 0) is 4.79 Å². The SMILES string of the molecule is N#CC1(C(=O)Nc2c(F)cc(Br)cc2F)CC1. The zero-order chi connectivity index (χ0) is 12.6. The second kappa shape index (κ2) is 4.08. The predicted octanol–water partition coefficient (Wildman–Crippen LogP) is 2.97. The number of benzene rings is 1. The topological polar surface area (TPSA) is 52.9 Å². The van der Waals surface area contributed by atoms with Crippen LogP contribution in [0.2, 0.25) is 0 Å². The number of anilines is 1. The van der Waals surface area contributed by atoms with E-state index in [0.717, 1.165) is 12.1 Å². The summed E-state index contributed by atoms with van der Waals surface area (Å²) in [7, 11) is 0. The van der Waals surface area contributed by atoms with Gasteiger partial charge < -0.3 is 5.32 Å². The average molecular weight is 301 g/mol. The lowest BCUT2D eigenvalue weighted by Crippen LogP contribution is -2.24. The molecular weight excluding hydrogens is 294 g/mol. The van der Waals surface area contributed by atoms with Gasteiger partial charge in [-0.25, -0.2) is 8.78 Å². The summed E-state index contributed by atoms with van der Waals surface area (Å²) in [6.45, 7) is 0. The third-order valence-electron chi connectivity index (χ3n) is 2.64. The molecule has 1 amide bonds. The van der Waals surface area contributed by atoms with Crippen molar-refractivity contribution in [3.05, 3.63) is 28.2 Å². The van der Waals surface area contributed by atoms with Crippen molar-refractivity contribution in [3.63, 3.8) is 0 Å². The zero-order valence-electron chi connectivity index (χ0n) is 8.56. The van der Waals surface area contributed by atoms with Crippen molar-refractivity contribution in [1.29, 1.82) is 5.26 Å². The summed E-state index contributed by atoms with van der Waals surface area (Å²) in [5.74, 6) is -2.40. The number of hydrogen-bond acceptors (Lipinski definition) is 2. The van der Waals surface area contributed by atoms with Gasteiger partial charge in [-0.1, -0.05) is 15.9 Å². The van der Waals surface area contributed by atoms with Gasteiger partial charge in [0, 0.05) is 4.47 Å². The van der Waals surface area contributed by atoms with Crippen LogP contribution >= 0.6 is 15.9 Å². The van der Waals surface area contributed by atoms with E-state index in [2.05, 4.69) is 21.2 Å². The molecule has 3 nitrogen and oxygen atoms in total. The van der Waals surface area contributed by atoms with E-state index < -0.39 is 28.6 Å². The predicted molar refractivity (Wildman–Crippen MR) is 60.0 cm³/mol. The van der Waals surface area contributed by atoms with Gasteiger partial charge in [0.1, 0.15) is 11.1 Å². The van der Waals surface area contributed by atoms with Gasteiger partial charge in [-0.15, -0.1) is 0 Å². The molecule has 0 radical (unpaired) electrons. The largest absolute Gasteiger partial charge is 0.320 e. The van der Waals surface area contributed by atoms with Crippen molar-refractivity contribution in [2.75, 3.05) is 5.32 Å². The molecule has 0 atom stereocenters. The first-order valence-electron chi connectivity index (χ1n) is 4.86. The van der Waals surface area contributed by atoms with Crippen LogP contribution in [-0.4, -0.2) is 5.91 Å². The molecule has 1 aromatic rings.